The van der Waals surface area contributed by atoms with Gasteiger partial charge in [-0.05, 0) is 70.9 Å². The van der Waals surface area contributed by atoms with Crippen molar-refractivity contribution in [2.75, 3.05) is 19.0 Å². The van der Waals surface area contributed by atoms with Gasteiger partial charge in [0.05, 0.1) is 6.67 Å². The number of anilines is 1. The second-order valence-electron chi connectivity index (χ2n) is 11.6. The van der Waals surface area contributed by atoms with Crippen molar-refractivity contribution in [2.24, 2.45) is 5.73 Å². The number of benzene rings is 3. The van der Waals surface area contributed by atoms with Crippen molar-refractivity contribution < 1.29 is 9.50 Å². The summed E-state index contributed by atoms with van der Waals surface area (Å²) in [6.07, 6.45) is 4.02. The van der Waals surface area contributed by atoms with E-state index < -0.39 is 17.8 Å². The molecule has 0 saturated heterocycles. The van der Waals surface area contributed by atoms with Crippen molar-refractivity contribution in [3.8, 4) is 0 Å². The minimum Gasteiger partial charge on any atom is -0.398 e. The molecule has 8 heteroatoms. The highest BCUT2D eigenvalue weighted by Crippen LogP contribution is 2.36. The van der Waals surface area contributed by atoms with Crippen LogP contribution < -0.4 is 16.8 Å². The van der Waals surface area contributed by atoms with Crippen LogP contribution in [0.3, 0.4) is 0 Å². The van der Waals surface area contributed by atoms with Crippen LogP contribution in [0, 0.1) is 5.41 Å². The van der Waals surface area contributed by atoms with Gasteiger partial charge < -0.3 is 26.8 Å². The van der Waals surface area contributed by atoms with E-state index in [-0.39, 0.29) is 12.3 Å². The molecule has 7 N–H and O–H groups in total. The van der Waals surface area contributed by atoms with Crippen LogP contribution in [0.15, 0.2) is 97.2 Å². The topological polar surface area (TPSA) is 111 Å². The summed E-state index contributed by atoms with van der Waals surface area (Å²) in [6.45, 7) is 11.8. The number of aliphatic hydroxyl groups is 1. The van der Waals surface area contributed by atoms with E-state index >= 15 is 0 Å². The van der Waals surface area contributed by atoms with Gasteiger partial charge in [0, 0.05) is 36.5 Å². The van der Waals surface area contributed by atoms with Crippen LogP contribution in [0.2, 0.25) is 0 Å². The van der Waals surface area contributed by atoms with Crippen molar-refractivity contribution in [1.82, 2.24) is 10.2 Å². The minimum absolute atomic E-state index is 0.121. The fraction of sp³-hybridized carbons (Fsp3) is 0.286. The maximum atomic E-state index is 13.9. The Balaban J connectivity index is 1.86. The van der Waals surface area contributed by atoms with Crippen LogP contribution in [-0.4, -0.2) is 48.1 Å². The van der Waals surface area contributed by atoms with Gasteiger partial charge in [-0.25, -0.2) is 0 Å². The number of halogens is 1. The van der Waals surface area contributed by atoms with Crippen LogP contribution in [0.4, 0.5) is 10.1 Å². The molecule has 3 aromatic carbocycles. The number of rotatable bonds is 14. The molecule has 0 aliphatic carbocycles. The molecule has 0 spiro atoms. The standard InChI is InChI=1S/C35H43BFN5O/c1-24(42(34(2,3)36)35(4,5)43)10-9-21-41-23-25-13-15-27(16-14-25)32(28-17-18-31(38)30(22-28)33(39)40)29(19-20-37)26-11-7-6-8-12-26/h6-18,22,41,43H,1,19-21,23,38H2,2-5H3,(H3,39,40)/b10-9+,32-29+. The molecule has 0 amide bonds. The zero-order valence-electron chi connectivity index (χ0n) is 25.6. The lowest BCUT2D eigenvalue weighted by Gasteiger charge is -2.46. The molecule has 3 rings (SSSR count). The summed E-state index contributed by atoms with van der Waals surface area (Å²) in [5, 5.41) is 21.9. The second kappa shape index (κ2) is 14.4. The van der Waals surface area contributed by atoms with Gasteiger partial charge >= 0.3 is 0 Å². The Kier molecular flexibility index (Phi) is 11.1. The summed E-state index contributed by atoms with van der Waals surface area (Å²) in [6, 6.07) is 23.3. The summed E-state index contributed by atoms with van der Waals surface area (Å²) in [4.78, 5) is 1.67. The van der Waals surface area contributed by atoms with Gasteiger partial charge in [0.2, 0.25) is 0 Å². The lowest BCUT2D eigenvalue weighted by atomic mass is 9.78. The van der Waals surface area contributed by atoms with Crippen LogP contribution in [0.25, 0.3) is 11.1 Å². The monoisotopic (exact) mass is 579 g/mol. The average Bonchev–Trinajstić information content (AvgIpc) is 2.93. The van der Waals surface area contributed by atoms with Crippen molar-refractivity contribution in [2.45, 2.75) is 51.8 Å². The molecular weight excluding hydrogens is 536 g/mol. The fourth-order valence-corrected chi connectivity index (χ4v) is 5.39. The van der Waals surface area contributed by atoms with Crippen LogP contribution in [0.5, 0.6) is 0 Å². The first-order chi connectivity index (χ1) is 20.2. The van der Waals surface area contributed by atoms with Gasteiger partial charge in [-0.15, -0.1) is 0 Å². The first kappa shape index (κ1) is 33.4. The van der Waals surface area contributed by atoms with E-state index in [1.807, 2.05) is 86.7 Å². The Morgan fingerprint density at radius 2 is 1.65 bits per heavy atom. The maximum absolute atomic E-state index is 13.9. The smallest absolute Gasteiger partial charge is 0.132 e. The van der Waals surface area contributed by atoms with E-state index in [0.717, 1.165) is 33.4 Å². The van der Waals surface area contributed by atoms with Crippen molar-refractivity contribution in [3.05, 3.63) is 125 Å². The third-order valence-electron chi connectivity index (χ3n) is 6.96. The highest BCUT2D eigenvalue weighted by Gasteiger charge is 2.32. The van der Waals surface area contributed by atoms with Crippen LogP contribution in [0.1, 0.15) is 61.9 Å². The molecule has 43 heavy (non-hydrogen) atoms. The number of nitrogens with zero attached hydrogens (tertiary/aromatic N) is 1. The Morgan fingerprint density at radius 1 is 1.02 bits per heavy atom. The van der Waals surface area contributed by atoms with E-state index in [2.05, 4.69) is 11.9 Å². The molecule has 0 bridgehead atoms. The molecule has 3 aromatic rings. The normalized spacial score (nSPS) is 12.7. The Labute approximate surface area is 256 Å². The summed E-state index contributed by atoms with van der Waals surface area (Å²) in [5.74, 6) is -0.121. The van der Waals surface area contributed by atoms with Gasteiger partial charge in [0.25, 0.3) is 0 Å². The molecule has 0 fully saturated rings. The van der Waals surface area contributed by atoms with Gasteiger partial charge in [0.15, 0.2) is 0 Å². The van der Waals surface area contributed by atoms with Gasteiger partial charge in [-0.2, -0.15) is 0 Å². The van der Waals surface area contributed by atoms with E-state index in [0.29, 0.717) is 30.0 Å². The number of alkyl halides is 1. The van der Waals surface area contributed by atoms with Crippen molar-refractivity contribution in [3.63, 3.8) is 0 Å². The van der Waals surface area contributed by atoms with Crippen molar-refractivity contribution >= 4 is 30.5 Å². The molecular formula is C35H43BFN5O. The van der Waals surface area contributed by atoms with Crippen molar-refractivity contribution in [1.29, 1.82) is 5.41 Å². The predicted octanol–water partition coefficient (Wildman–Crippen LogP) is 5.97. The molecule has 0 heterocycles. The minimum atomic E-state index is -1.16. The molecule has 0 aliphatic heterocycles. The molecule has 0 aromatic heterocycles. The lowest BCUT2D eigenvalue weighted by molar-refractivity contribution is -0.0802. The van der Waals surface area contributed by atoms with E-state index in [4.69, 9.17) is 24.7 Å². The molecule has 6 nitrogen and oxygen atoms in total. The summed E-state index contributed by atoms with van der Waals surface area (Å²) < 4.78 is 13.9. The first-order valence-electron chi connectivity index (χ1n) is 14.3. The lowest BCUT2D eigenvalue weighted by Crippen LogP contribution is -2.54. The van der Waals surface area contributed by atoms with Gasteiger partial charge in [0.1, 0.15) is 19.4 Å². The molecule has 224 valence electrons. The Morgan fingerprint density at radius 3 is 2.21 bits per heavy atom. The average molecular weight is 580 g/mol. The zero-order chi connectivity index (χ0) is 31.8. The van der Waals surface area contributed by atoms with Gasteiger partial charge in [-0.1, -0.05) is 87.2 Å². The SMILES string of the molecule is [B]C(C)(C)N(C(=C)/C=C/CNCc1ccc(/C(=C(/CCF)c2ccccc2)c2ccc(N)c(C(=N)N)c2)cc1)C(C)(C)O. The fourth-order valence-electron chi connectivity index (χ4n) is 5.39. The molecule has 2 radical (unpaired) electrons. The largest absolute Gasteiger partial charge is 0.398 e. The summed E-state index contributed by atoms with van der Waals surface area (Å²) >= 11 is 0. The van der Waals surface area contributed by atoms with E-state index in [1.54, 1.807) is 30.9 Å². The molecule has 0 saturated carbocycles. The predicted molar refractivity (Wildman–Crippen MR) is 179 cm³/mol. The molecule has 0 aliphatic rings. The molecule has 0 unspecified atom stereocenters. The highest BCUT2D eigenvalue weighted by atomic mass is 19.1. The number of hydrogen-bond acceptors (Lipinski definition) is 5. The third kappa shape index (κ3) is 8.93. The second-order valence-corrected chi connectivity index (χ2v) is 11.6. The highest BCUT2D eigenvalue weighted by molar-refractivity contribution is 6.14. The number of nitrogen functional groups attached to an aromatic ring is 2. The number of amidine groups is 1. The van der Waals surface area contributed by atoms with Crippen LogP contribution in [-0.2, 0) is 6.54 Å². The Hall–Kier alpha value is -4.14. The molecule has 0 atom stereocenters. The van der Waals surface area contributed by atoms with Gasteiger partial charge in [-0.3, -0.25) is 9.80 Å². The number of allylic oxidation sites excluding steroid dienone is 2. The third-order valence-corrected chi connectivity index (χ3v) is 6.96. The van der Waals surface area contributed by atoms with Crippen LogP contribution >= 0.6 is 0 Å². The quantitative estimate of drug-likeness (QED) is 0.0236. The number of nitrogens with two attached hydrogens (primary N) is 2. The first-order valence-corrected chi connectivity index (χ1v) is 14.3. The summed E-state index contributed by atoms with van der Waals surface area (Å²) in [7, 11) is 6.25. The maximum Gasteiger partial charge on any atom is 0.132 e. The Bertz CT molecular complexity index is 1450. The summed E-state index contributed by atoms with van der Waals surface area (Å²) in [5.41, 5.74) is 16.9. The number of nitrogens with one attached hydrogen (secondary N) is 2. The van der Waals surface area contributed by atoms with E-state index in [1.165, 1.54) is 0 Å². The number of hydrogen-bond donors (Lipinski definition) is 5. The zero-order valence-corrected chi connectivity index (χ0v) is 25.6. The van der Waals surface area contributed by atoms with E-state index in [9.17, 15) is 9.50 Å².